The molecule has 0 saturated carbocycles. The van der Waals surface area contributed by atoms with Crippen LogP contribution in [0.4, 0.5) is 20.2 Å². The molecule has 2 aromatic rings. The monoisotopic (exact) mass is 278 g/mol. The first-order valence-corrected chi connectivity index (χ1v) is 5.91. The van der Waals surface area contributed by atoms with Gasteiger partial charge < -0.3 is 5.32 Å². The van der Waals surface area contributed by atoms with Gasteiger partial charge in [-0.3, -0.25) is 10.1 Å². The lowest BCUT2D eigenvalue weighted by molar-refractivity contribution is -0.384. The molecule has 104 valence electrons. The second-order valence-electron chi connectivity index (χ2n) is 4.33. The lowest BCUT2D eigenvalue weighted by Crippen LogP contribution is -2.06. The van der Waals surface area contributed by atoms with Crippen molar-refractivity contribution in [3.05, 3.63) is 69.3 Å². The minimum absolute atomic E-state index is 0.132. The van der Waals surface area contributed by atoms with Crippen molar-refractivity contribution in [3.63, 3.8) is 0 Å². The molecule has 0 heterocycles. The maximum absolute atomic E-state index is 13.5. The zero-order valence-corrected chi connectivity index (χ0v) is 10.7. The molecule has 20 heavy (non-hydrogen) atoms. The van der Waals surface area contributed by atoms with Crippen molar-refractivity contribution >= 4 is 11.4 Å². The fourth-order valence-corrected chi connectivity index (χ4v) is 1.84. The predicted octanol–water partition coefficient (Wildman–Crippen LogP) is 3.79. The molecule has 0 bridgehead atoms. The minimum atomic E-state index is -0.687. The molecule has 0 atom stereocenters. The Morgan fingerprint density at radius 1 is 1.20 bits per heavy atom. The van der Waals surface area contributed by atoms with Crippen molar-refractivity contribution in [1.82, 2.24) is 0 Å². The van der Waals surface area contributed by atoms with Gasteiger partial charge in [0, 0.05) is 18.2 Å². The first-order chi connectivity index (χ1) is 9.49. The Morgan fingerprint density at radius 3 is 2.45 bits per heavy atom. The first-order valence-electron chi connectivity index (χ1n) is 5.91. The second-order valence-corrected chi connectivity index (χ2v) is 4.33. The highest BCUT2D eigenvalue weighted by Gasteiger charge is 2.15. The van der Waals surface area contributed by atoms with Crippen LogP contribution in [-0.2, 0) is 6.54 Å². The Labute approximate surface area is 114 Å². The van der Waals surface area contributed by atoms with Crippen molar-refractivity contribution in [2.75, 3.05) is 5.32 Å². The molecule has 1 N–H and O–H groups in total. The van der Waals surface area contributed by atoms with Gasteiger partial charge in [0.05, 0.1) is 4.92 Å². The molecule has 0 unspecified atom stereocenters. The molecule has 4 nitrogen and oxygen atoms in total. The van der Waals surface area contributed by atoms with Crippen LogP contribution in [-0.4, -0.2) is 4.92 Å². The molecule has 0 aromatic heterocycles. The number of nitrogens with zero attached hydrogens (tertiary/aromatic N) is 1. The van der Waals surface area contributed by atoms with Gasteiger partial charge in [-0.25, -0.2) is 8.78 Å². The van der Waals surface area contributed by atoms with Crippen LogP contribution < -0.4 is 5.32 Å². The van der Waals surface area contributed by atoms with E-state index in [9.17, 15) is 18.9 Å². The maximum Gasteiger partial charge on any atom is 0.292 e. The summed E-state index contributed by atoms with van der Waals surface area (Å²) in [7, 11) is 0. The SMILES string of the molecule is Cc1ccc([N+](=O)[O-])c(NCc2c(F)cccc2F)c1. The molecule has 0 amide bonds. The van der Waals surface area contributed by atoms with Gasteiger partial charge in [0.1, 0.15) is 17.3 Å². The van der Waals surface area contributed by atoms with Crippen molar-refractivity contribution in [1.29, 1.82) is 0 Å². The lowest BCUT2D eigenvalue weighted by atomic mass is 10.1. The van der Waals surface area contributed by atoms with Crippen molar-refractivity contribution in [2.45, 2.75) is 13.5 Å². The van der Waals surface area contributed by atoms with E-state index in [2.05, 4.69) is 5.32 Å². The summed E-state index contributed by atoms with van der Waals surface area (Å²) in [6, 6.07) is 8.08. The Morgan fingerprint density at radius 2 is 1.85 bits per heavy atom. The van der Waals surface area contributed by atoms with Crippen molar-refractivity contribution in [3.8, 4) is 0 Å². The van der Waals surface area contributed by atoms with E-state index in [1.54, 1.807) is 19.1 Å². The van der Waals surface area contributed by atoms with E-state index >= 15 is 0 Å². The van der Waals surface area contributed by atoms with E-state index in [-0.39, 0.29) is 23.5 Å². The molecule has 2 rings (SSSR count). The topological polar surface area (TPSA) is 55.2 Å². The third-order valence-corrected chi connectivity index (χ3v) is 2.87. The molecule has 0 saturated heterocycles. The summed E-state index contributed by atoms with van der Waals surface area (Å²) in [5.74, 6) is -1.37. The first kappa shape index (κ1) is 13.9. The number of hydrogen-bond acceptors (Lipinski definition) is 3. The maximum atomic E-state index is 13.5. The predicted molar refractivity (Wildman–Crippen MR) is 71.5 cm³/mol. The lowest BCUT2D eigenvalue weighted by Gasteiger charge is -2.09. The third-order valence-electron chi connectivity index (χ3n) is 2.87. The van der Waals surface area contributed by atoms with Gasteiger partial charge >= 0.3 is 0 Å². The summed E-state index contributed by atoms with van der Waals surface area (Å²) in [6.07, 6.45) is 0. The van der Waals surface area contributed by atoms with Gasteiger partial charge in [-0.15, -0.1) is 0 Å². The number of halogens is 2. The molecule has 0 spiro atoms. The fourth-order valence-electron chi connectivity index (χ4n) is 1.84. The highest BCUT2D eigenvalue weighted by Crippen LogP contribution is 2.26. The number of benzene rings is 2. The molecule has 0 aliphatic carbocycles. The summed E-state index contributed by atoms with van der Waals surface area (Å²) < 4.78 is 27.0. The standard InChI is InChI=1S/C14H12F2N2O2/c1-9-5-6-14(18(19)20)13(7-9)17-8-10-11(15)3-2-4-12(10)16/h2-7,17H,8H2,1H3. The molecule has 2 aromatic carbocycles. The summed E-state index contributed by atoms with van der Waals surface area (Å²) in [4.78, 5) is 10.4. The number of nitro benzene ring substituents is 1. The van der Waals surface area contributed by atoms with E-state index in [0.29, 0.717) is 0 Å². The molecule has 0 fully saturated rings. The fraction of sp³-hybridized carbons (Fsp3) is 0.143. The molecule has 0 aliphatic rings. The van der Waals surface area contributed by atoms with E-state index in [4.69, 9.17) is 0 Å². The number of rotatable bonds is 4. The Bertz CT molecular complexity index is 639. The number of hydrogen-bond donors (Lipinski definition) is 1. The van der Waals surface area contributed by atoms with Gasteiger partial charge in [0.15, 0.2) is 0 Å². The van der Waals surface area contributed by atoms with Crippen LogP contribution in [0.2, 0.25) is 0 Å². The average Bonchev–Trinajstić information content (AvgIpc) is 2.37. The quantitative estimate of drug-likeness (QED) is 0.683. The zero-order chi connectivity index (χ0) is 14.7. The van der Waals surface area contributed by atoms with Gasteiger partial charge in [0.25, 0.3) is 5.69 Å². The highest BCUT2D eigenvalue weighted by atomic mass is 19.1. The highest BCUT2D eigenvalue weighted by molar-refractivity contribution is 5.62. The third kappa shape index (κ3) is 2.90. The average molecular weight is 278 g/mol. The van der Waals surface area contributed by atoms with Crippen molar-refractivity contribution in [2.24, 2.45) is 0 Å². The van der Waals surface area contributed by atoms with E-state index in [0.717, 1.165) is 17.7 Å². The van der Waals surface area contributed by atoms with Crippen molar-refractivity contribution < 1.29 is 13.7 Å². The minimum Gasteiger partial charge on any atom is -0.375 e. The summed E-state index contributed by atoms with van der Waals surface area (Å²) >= 11 is 0. The van der Waals surface area contributed by atoms with Crippen LogP contribution >= 0.6 is 0 Å². The van der Waals surface area contributed by atoms with E-state index < -0.39 is 16.6 Å². The molecule has 0 aliphatic heterocycles. The van der Waals surface area contributed by atoms with E-state index in [1.165, 1.54) is 12.1 Å². The Hall–Kier alpha value is -2.50. The summed E-state index contributed by atoms with van der Waals surface area (Å²) in [5, 5.41) is 13.6. The Balaban J connectivity index is 2.27. The molecule has 0 radical (unpaired) electrons. The Kier molecular flexibility index (Phi) is 3.93. The number of aryl methyl sites for hydroxylation is 1. The molecular weight excluding hydrogens is 266 g/mol. The van der Waals surface area contributed by atoms with Gasteiger partial charge in [-0.2, -0.15) is 0 Å². The van der Waals surface area contributed by atoms with Crippen LogP contribution in [0, 0.1) is 28.7 Å². The summed E-state index contributed by atoms with van der Waals surface area (Å²) in [6.45, 7) is 1.61. The van der Waals surface area contributed by atoms with Crippen LogP contribution in [0.15, 0.2) is 36.4 Å². The molecule has 6 heteroatoms. The normalized spacial score (nSPS) is 10.3. The van der Waals surface area contributed by atoms with E-state index in [1.807, 2.05) is 0 Å². The van der Waals surface area contributed by atoms with Crippen LogP contribution in [0.25, 0.3) is 0 Å². The number of nitro groups is 1. The van der Waals surface area contributed by atoms with Gasteiger partial charge in [-0.1, -0.05) is 12.1 Å². The number of nitrogens with one attached hydrogen (secondary N) is 1. The zero-order valence-electron chi connectivity index (χ0n) is 10.7. The second kappa shape index (κ2) is 5.64. The largest absolute Gasteiger partial charge is 0.375 e. The van der Waals surface area contributed by atoms with Crippen LogP contribution in [0.3, 0.4) is 0 Å². The van der Waals surface area contributed by atoms with Crippen LogP contribution in [0.5, 0.6) is 0 Å². The van der Waals surface area contributed by atoms with Gasteiger partial charge in [0.2, 0.25) is 0 Å². The van der Waals surface area contributed by atoms with Gasteiger partial charge in [-0.05, 0) is 30.7 Å². The number of anilines is 1. The molecular formula is C14H12F2N2O2. The smallest absolute Gasteiger partial charge is 0.292 e. The summed E-state index contributed by atoms with van der Waals surface area (Å²) in [5.41, 5.74) is 0.764. The van der Waals surface area contributed by atoms with Crippen LogP contribution in [0.1, 0.15) is 11.1 Å².